The normalized spacial score (nSPS) is 15.6. The van der Waals surface area contributed by atoms with Gasteiger partial charge in [0, 0.05) is 18.3 Å². The molecule has 0 aromatic heterocycles. The van der Waals surface area contributed by atoms with Crippen molar-refractivity contribution in [1.82, 2.24) is 4.90 Å². The number of halogens is 2. The Labute approximate surface area is 194 Å². The lowest BCUT2D eigenvalue weighted by Crippen LogP contribution is -2.37. The van der Waals surface area contributed by atoms with E-state index in [9.17, 15) is 23.2 Å². The Morgan fingerprint density at radius 3 is 2.41 bits per heavy atom. The quantitative estimate of drug-likeness (QED) is 0.527. The van der Waals surface area contributed by atoms with E-state index < -0.39 is 35.5 Å². The molecule has 1 aliphatic heterocycles. The monoisotopic (exact) mass is 465 g/mol. The van der Waals surface area contributed by atoms with Crippen LogP contribution in [0.2, 0.25) is 0 Å². The van der Waals surface area contributed by atoms with E-state index in [2.05, 4.69) is 5.32 Å². The second kappa shape index (κ2) is 9.70. The first-order chi connectivity index (χ1) is 16.4. The molecular weight excluding hydrogens is 444 g/mol. The van der Waals surface area contributed by atoms with Gasteiger partial charge in [0.2, 0.25) is 5.91 Å². The Bertz CT molecular complexity index is 1230. The molecule has 1 saturated heterocycles. The molecule has 9 heteroatoms. The number of benzene rings is 3. The lowest BCUT2D eigenvalue weighted by Gasteiger charge is -2.21. The fourth-order valence-electron chi connectivity index (χ4n) is 3.74. The van der Waals surface area contributed by atoms with Gasteiger partial charge in [-0.25, -0.2) is 18.5 Å². The molecule has 1 fully saturated rings. The van der Waals surface area contributed by atoms with Crippen molar-refractivity contribution in [2.75, 3.05) is 17.3 Å². The summed E-state index contributed by atoms with van der Waals surface area (Å²) in [5, 5.41) is 2.55. The molecule has 0 unspecified atom stereocenters. The fourth-order valence-corrected chi connectivity index (χ4v) is 3.74. The molecule has 7 nitrogen and oxygen atoms in total. The smallest absolute Gasteiger partial charge is 0.332 e. The van der Waals surface area contributed by atoms with Crippen molar-refractivity contribution in [1.29, 1.82) is 0 Å². The largest absolute Gasteiger partial charge is 0.497 e. The zero-order valence-electron chi connectivity index (χ0n) is 18.2. The minimum absolute atomic E-state index is 0.0107. The summed E-state index contributed by atoms with van der Waals surface area (Å²) in [6.45, 7) is -0.0107. The molecule has 0 spiro atoms. The van der Waals surface area contributed by atoms with E-state index in [-0.39, 0.29) is 18.7 Å². The van der Waals surface area contributed by atoms with Crippen molar-refractivity contribution in [2.24, 2.45) is 0 Å². The first-order valence-corrected chi connectivity index (χ1v) is 10.4. The summed E-state index contributed by atoms with van der Waals surface area (Å²) in [5.41, 5.74) is 1.12. The number of nitrogens with zero attached hydrogens (tertiary/aromatic N) is 2. The van der Waals surface area contributed by atoms with E-state index in [0.29, 0.717) is 17.0 Å². The zero-order valence-corrected chi connectivity index (χ0v) is 18.2. The number of imide groups is 1. The maximum absolute atomic E-state index is 13.5. The SMILES string of the molecule is COc1cccc(N2C(=O)[C@@H](CC(=O)Nc3cccc(F)c3)N(Cc3ccc(F)cc3)C2=O)c1. The van der Waals surface area contributed by atoms with Crippen LogP contribution < -0.4 is 15.0 Å². The van der Waals surface area contributed by atoms with Crippen molar-refractivity contribution in [3.8, 4) is 5.75 Å². The molecule has 34 heavy (non-hydrogen) atoms. The summed E-state index contributed by atoms with van der Waals surface area (Å²) in [6, 6.07) is 15.6. The lowest BCUT2D eigenvalue weighted by molar-refractivity contribution is -0.124. The molecule has 0 radical (unpaired) electrons. The molecule has 0 saturated carbocycles. The van der Waals surface area contributed by atoms with Crippen LogP contribution >= 0.6 is 0 Å². The van der Waals surface area contributed by atoms with Gasteiger partial charge in [-0.15, -0.1) is 0 Å². The number of anilines is 2. The van der Waals surface area contributed by atoms with Gasteiger partial charge in [-0.1, -0.05) is 24.3 Å². The third kappa shape index (κ3) is 4.88. The van der Waals surface area contributed by atoms with E-state index in [0.717, 1.165) is 11.0 Å². The van der Waals surface area contributed by atoms with Crippen LogP contribution in [0.15, 0.2) is 72.8 Å². The number of rotatable bonds is 7. The molecule has 4 rings (SSSR count). The number of carbonyl (C=O) groups is 3. The van der Waals surface area contributed by atoms with Gasteiger partial charge in [0.15, 0.2) is 0 Å². The number of carbonyl (C=O) groups excluding carboxylic acids is 3. The second-order valence-electron chi connectivity index (χ2n) is 7.69. The minimum Gasteiger partial charge on any atom is -0.497 e. The molecule has 1 heterocycles. The first-order valence-electron chi connectivity index (χ1n) is 10.4. The predicted octanol–water partition coefficient (Wildman–Crippen LogP) is 4.34. The van der Waals surface area contributed by atoms with Gasteiger partial charge in [-0.2, -0.15) is 0 Å². The van der Waals surface area contributed by atoms with E-state index in [1.165, 1.54) is 54.5 Å². The first kappa shape index (κ1) is 22.9. The standard InChI is InChI=1S/C25H21F2N3O4/c1-34-21-7-3-6-20(13-21)30-24(32)22(14-23(31)28-19-5-2-4-18(27)12-19)29(25(30)33)15-16-8-10-17(26)11-9-16/h2-13,22H,14-15H2,1H3,(H,28,31)/t22-/m1/s1. The summed E-state index contributed by atoms with van der Waals surface area (Å²) in [7, 11) is 1.47. The van der Waals surface area contributed by atoms with E-state index in [1.54, 1.807) is 24.3 Å². The molecule has 3 aromatic carbocycles. The maximum atomic E-state index is 13.5. The van der Waals surface area contributed by atoms with Crippen LogP contribution in [0.4, 0.5) is 25.0 Å². The molecule has 1 atom stereocenters. The van der Waals surface area contributed by atoms with Crippen LogP contribution in [-0.2, 0) is 16.1 Å². The Kier molecular flexibility index (Phi) is 6.53. The molecule has 4 amide bonds. The van der Waals surface area contributed by atoms with Gasteiger partial charge < -0.3 is 15.0 Å². The van der Waals surface area contributed by atoms with Gasteiger partial charge in [0.25, 0.3) is 5.91 Å². The highest BCUT2D eigenvalue weighted by atomic mass is 19.1. The Balaban J connectivity index is 1.62. The number of amides is 4. The molecule has 174 valence electrons. The van der Waals surface area contributed by atoms with E-state index >= 15 is 0 Å². The summed E-state index contributed by atoms with van der Waals surface area (Å²) >= 11 is 0. The van der Waals surface area contributed by atoms with Gasteiger partial charge >= 0.3 is 6.03 Å². The van der Waals surface area contributed by atoms with Crippen LogP contribution in [0, 0.1) is 11.6 Å². The molecule has 1 aliphatic rings. The molecular formula is C25H21F2N3O4. The Morgan fingerprint density at radius 1 is 0.971 bits per heavy atom. The topological polar surface area (TPSA) is 79.0 Å². The second-order valence-corrected chi connectivity index (χ2v) is 7.69. The molecule has 0 aliphatic carbocycles. The van der Waals surface area contributed by atoms with Gasteiger partial charge in [-0.05, 0) is 48.0 Å². The molecule has 1 N–H and O–H groups in total. The summed E-state index contributed by atoms with van der Waals surface area (Å²) in [5.74, 6) is -1.65. The van der Waals surface area contributed by atoms with Crippen LogP contribution in [0.25, 0.3) is 0 Å². The number of ether oxygens (including phenoxy) is 1. The summed E-state index contributed by atoms with van der Waals surface area (Å²) < 4.78 is 32.0. The minimum atomic E-state index is -1.11. The van der Waals surface area contributed by atoms with Gasteiger partial charge in [0.1, 0.15) is 23.4 Å². The van der Waals surface area contributed by atoms with E-state index in [4.69, 9.17) is 4.74 Å². The number of urea groups is 1. The van der Waals surface area contributed by atoms with Crippen LogP contribution in [-0.4, -0.2) is 35.9 Å². The fraction of sp³-hybridized carbons (Fsp3) is 0.160. The van der Waals surface area contributed by atoms with Crippen molar-refractivity contribution in [2.45, 2.75) is 19.0 Å². The predicted molar refractivity (Wildman–Crippen MR) is 121 cm³/mol. The van der Waals surface area contributed by atoms with Crippen molar-refractivity contribution >= 4 is 29.2 Å². The highest BCUT2D eigenvalue weighted by Crippen LogP contribution is 2.30. The Hall–Kier alpha value is -4.27. The third-order valence-electron chi connectivity index (χ3n) is 5.38. The highest BCUT2D eigenvalue weighted by Gasteiger charge is 2.46. The third-order valence-corrected chi connectivity index (χ3v) is 5.38. The Morgan fingerprint density at radius 2 is 1.71 bits per heavy atom. The molecule has 0 bridgehead atoms. The van der Waals surface area contributed by atoms with Crippen LogP contribution in [0.3, 0.4) is 0 Å². The molecule has 3 aromatic rings. The van der Waals surface area contributed by atoms with Crippen LogP contribution in [0.1, 0.15) is 12.0 Å². The highest BCUT2D eigenvalue weighted by molar-refractivity contribution is 6.22. The number of methoxy groups -OCH3 is 1. The number of hydrogen-bond acceptors (Lipinski definition) is 4. The van der Waals surface area contributed by atoms with Gasteiger partial charge in [-0.3, -0.25) is 9.59 Å². The van der Waals surface area contributed by atoms with E-state index in [1.807, 2.05) is 0 Å². The maximum Gasteiger partial charge on any atom is 0.332 e. The van der Waals surface area contributed by atoms with Gasteiger partial charge in [0.05, 0.1) is 19.2 Å². The average molecular weight is 465 g/mol. The van der Waals surface area contributed by atoms with Crippen LogP contribution in [0.5, 0.6) is 5.75 Å². The summed E-state index contributed by atoms with van der Waals surface area (Å²) in [6.07, 6.45) is -0.344. The van der Waals surface area contributed by atoms with Crippen molar-refractivity contribution < 1.29 is 27.9 Å². The average Bonchev–Trinajstić information content (AvgIpc) is 3.04. The van der Waals surface area contributed by atoms with Crippen molar-refractivity contribution in [3.63, 3.8) is 0 Å². The van der Waals surface area contributed by atoms with Crippen molar-refractivity contribution in [3.05, 3.63) is 90.0 Å². The summed E-state index contributed by atoms with van der Waals surface area (Å²) in [4.78, 5) is 41.6. The lowest BCUT2D eigenvalue weighted by atomic mass is 10.1. The zero-order chi connectivity index (χ0) is 24.2. The number of nitrogens with one attached hydrogen (secondary N) is 1. The number of hydrogen-bond donors (Lipinski definition) is 1.